The van der Waals surface area contributed by atoms with E-state index in [1.165, 1.54) is 12.1 Å². The van der Waals surface area contributed by atoms with Gasteiger partial charge in [-0.05, 0) is 42.5 Å². The molecular formula is C18H14CuN6NaO8S. The van der Waals surface area contributed by atoms with Gasteiger partial charge in [-0.15, -0.1) is 0 Å². The molecule has 0 spiro atoms. The fourth-order valence-corrected chi connectivity index (χ4v) is 3.04. The fourth-order valence-electron chi connectivity index (χ4n) is 2.53. The average molecular weight is 561 g/mol. The third kappa shape index (κ3) is 7.19. The van der Waals surface area contributed by atoms with Crippen molar-refractivity contribution in [3.05, 3.63) is 89.8 Å². The Kier molecular flexibility index (Phi) is 10.3. The van der Waals surface area contributed by atoms with Crippen LogP contribution in [0.5, 0.6) is 5.75 Å². The van der Waals surface area contributed by atoms with Crippen LogP contribution in [-0.2, 0) is 27.2 Å². The molecule has 0 bridgehead atoms. The zero-order chi connectivity index (χ0) is 24.3. The molecule has 0 fully saturated rings. The van der Waals surface area contributed by atoms with Gasteiger partial charge in [0.25, 0.3) is 15.8 Å². The van der Waals surface area contributed by atoms with E-state index in [-0.39, 0.29) is 74.7 Å². The number of nitrogens with two attached hydrogens (primary N) is 1. The van der Waals surface area contributed by atoms with E-state index in [0.717, 1.165) is 36.4 Å². The summed E-state index contributed by atoms with van der Waals surface area (Å²) in [4.78, 5) is 34.2. The number of hydrogen-bond acceptors (Lipinski definition) is 12. The minimum atomic E-state index is -4.56. The minimum Gasteiger partial charge on any atom is -0.506 e. The normalized spacial score (nSPS) is 11.8. The molecule has 6 N–H and O–H groups in total. The van der Waals surface area contributed by atoms with E-state index in [2.05, 4.69) is 21.1 Å². The first-order valence-corrected chi connectivity index (χ1v) is 10.2. The predicted molar refractivity (Wildman–Crippen MR) is 121 cm³/mol. The van der Waals surface area contributed by atoms with Crippen LogP contribution in [-0.4, -0.2) is 52.6 Å². The predicted octanol–water partition coefficient (Wildman–Crippen LogP) is -0.802. The van der Waals surface area contributed by atoms with Gasteiger partial charge in [0.1, 0.15) is 16.8 Å². The molecule has 182 valence electrons. The number of nitro groups is 1. The van der Waals surface area contributed by atoms with Crippen LogP contribution in [0.2, 0.25) is 0 Å². The van der Waals surface area contributed by atoms with E-state index < -0.39 is 41.9 Å². The molecule has 0 aliphatic heterocycles. The molecular weight excluding hydrogens is 547 g/mol. The number of nitro benzene ring substituents is 1. The van der Waals surface area contributed by atoms with Gasteiger partial charge in [-0.1, -0.05) is 0 Å². The Hall–Kier alpha value is -3.11. The summed E-state index contributed by atoms with van der Waals surface area (Å²) in [5.74, 6) is -0.429. The summed E-state index contributed by atoms with van der Waals surface area (Å²) in [5.41, 5.74) is 8.04. The maximum Gasteiger partial charge on any atom is 0.294 e. The quantitative estimate of drug-likeness (QED) is 0.0625. The first-order chi connectivity index (χ1) is 15.5. The van der Waals surface area contributed by atoms with Crippen LogP contribution in [0.3, 0.4) is 0 Å². The molecule has 0 amide bonds. The largest absolute Gasteiger partial charge is 0.506 e. The smallest absolute Gasteiger partial charge is 0.294 e. The van der Waals surface area contributed by atoms with Gasteiger partial charge in [0.05, 0.1) is 21.2 Å². The molecule has 3 aromatic rings. The van der Waals surface area contributed by atoms with E-state index in [0.29, 0.717) is 0 Å². The number of rotatable bonds is 6. The SMILES string of the molecule is Nc1cc(N/N=c2/c(=O)cc/c(=N\Nc3cc(S(=O)(=O)O)ccc3O)c2=O)ccc1[N+](=O)[O-].[Cu].[Na]. The van der Waals surface area contributed by atoms with Crippen LogP contribution in [0.1, 0.15) is 0 Å². The van der Waals surface area contributed by atoms with Crippen molar-refractivity contribution in [2.24, 2.45) is 10.2 Å². The van der Waals surface area contributed by atoms with Gasteiger partial charge in [0, 0.05) is 52.7 Å². The van der Waals surface area contributed by atoms with Crippen molar-refractivity contribution in [1.82, 2.24) is 0 Å². The number of nitrogens with one attached hydrogen (secondary N) is 2. The van der Waals surface area contributed by atoms with Gasteiger partial charge in [-0.25, -0.2) is 0 Å². The Bertz CT molecular complexity index is 1610. The van der Waals surface area contributed by atoms with Crippen molar-refractivity contribution < 1.29 is 40.1 Å². The van der Waals surface area contributed by atoms with Crippen LogP contribution >= 0.6 is 0 Å². The molecule has 0 aliphatic rings. The molecule has 0 saturated heterocycles. The van der Waals surface area contributed by atoms with Crippen molar-refractivity contribution in [2.75, 3.05) is 16.6 Å². The molecule has 3 aromatic carbocycles. The Morgan fingerprint density at radius 2 is 1.69 bits per heavy atom. The van der Waals surface area contributed by atoms with Crippen molar-refractivity contribution in [3.8, 4) is 5.75 Å². The number of benzene rings is 3. The van der Waals surface area contributed by atoms with Crippen LogP contribution < -0.4 is 38.2 Å². The van der Waals surface area contributed by atoms with Crippen LogP contribution in [0, 0.1) is 10.1 Å². The monoisotopic (exact) mass is 560 g/mol. The van der Waals surface area contributed by atoms with Crippen molar-refractivity contribution in [1.29, 1.82) is 0 Å². The molecule has 14 nitrogen and oxygen atoms in total. The number of aromatic hydroxyl groups is 1. The maximum absolute atomic E-state index is 12.6. The first kappa shape index (κ1) is 29.9. The number of nitrogens with zero attached hydrogens (tertiary/aromatic N) is 3. The topological polar surface area (TPSA) is 227 Å². The number of hydrogen-bond donors (Lipinski definition) is 5. The van der Waals surface area contributed by atoms with Crippen molar-refractivity contribution in [3.63, 3.8) is 0 Å². The summed E-state index contributed by atoms with van der Waals surface area (Å²) in [6.45, 7) is 0. The molecule has 0 aromatic heterocycles. The second-order valence-electron chi connectivity index (χ2n) is 6.39. The molecule has 35 heavy (non-hydrogen) atoms. The van der Waals surface area contributed by atoms with E-state index in [4.69, 9.17) is 10.3 Å². The fraction of sp³-hybridized carbons (Fsp3) is 0. The zero-order valence-corrected chi connectivity index (χ0v) is 21.3. The van der Waals surface area contributed by atoms with E-state index in [1.54, 1.807) is 0 Å². The van der Waals surface area contributed by atoms with Gasteiger partial charge in [0.15, 0.2) is 5.36 Å². The Balaban J connectivity index is 0.00000306. The molecule has 0 atom stereocenters. The summed E-state index contributed by atoms with van der Waals surface area (Å²) in [6, 6.07) is 8.48. The van der Waals surface area contributed by atoms with Gasteiger partial charge >= 0.3 is 0 Å². The molecule has 0 aliphatic carbocycles. The molecule has 0 saturated carbocycles. The molecule has 17 heteroatoms. The summed E-state index contributed by atoms with van der Waals surface area (Å²) < 4.78 is 31.6. The number of nitrogen functional groups attached to an aromatic ring is 1. The third-order valence-corrected chi connectivity index (χ3v) is 5.01. The van der Waals surface area contributed by atoms with Crippen LogP contribution in [0.15, 0.2) is 73.2 Å². The van der Waals surface area contributed by atoms with E-state index in [1.807, 2.05) is 0 Å². The third-order valence-electron chi connectivity index (χ3n) is 4.16. The maximum atomic E-state index is 12.6. The van der Waals surface area contributed by atoms with Gasteiger partial charge in [-0.2, -0.15) is 18.6 Å². The second kappa shape index (κ2) is 12.0. The zero-order valence-electron chi connectivity index (χ0n) is 17.6. The summed E-state index contributed by atoms with van der Waals surface area (Å²) in [5, 5.41) is 27.2. The summed E-state index contributed by atoms with van der Waals surface area (Å²) in [6.07, 6.45) is 0. The van der Waals surface area contributed by atoms with Gasteiger partial charge < -0.3 is 10.8 Å². The van der Waals surface area contributed by atoms with Crippen LogP contribution in [0.25, 0.3) is 0 Å². The van der Waals surface area contributed by atoms with Gasteiger partial charge in [0.2, 0.25) is 10.9 Å². The summed E-state index contributed by atoms with van der Waals surface area (Å²) >= 11 is 0. The molecule has 3 rings (SSSR count). The average Bonchev–Trinajstić information content (AvgIpc) is 2.73. The number of phenolic OH excluding ortho intramolecular Hbond substituents is 1. The minimum absolute atomic E-state index is 0. The molecule has 0 heterocycles. The Morgan fingerprint density at radius 1 is 1.00 bits per heavy atom. The molecule has 0 unspecified atom stereocenters. The van der Waals surface area contributed by atoms with E-state index in [9.17, 15) is 33.2 Å². The van der Waals surface area contributed by atoms with Crippen molar-refractivity contribution >= 4 is 62.4 Å². The Labute approximate surface area is 228 Å². The molecule has 2 radical (unpaired) electrons. The van der Waals surface area contributed by atoms with Gasteiger partial charge in [-0.3, -0.25) is 35.1 Å². The second-order valence-corrected chi connectivity index (χ2v) is 7.81. The van der Waals surface area contributed by atoms with E-state index >= 15 is 0 Å². The van der Waals surface area contributed by atoms with Crippen LogP contribution in [0.4, 0.5) is 22.7 Å². The number of anilines is 3. The Morgan fingerprint density at radius 3 is 2.29 bits per heavy atom. The standard InChI is InChI=1S/C18H14N6O8S.Cu.Na/c19-11-7-9(1-4-14(11)24(28)29)20-23-17-16(26)6-3-12(18(17)27)21-22-13-8-10(33(30,31)32)2-5-15(13)25;;/h1-8,20,22,25H,19H2,(H,30,31,32);;/b21-12+,23-17-;;. The summed E-state index contributed by atoms with van der Waals surface area (Å²) in [7, 11) is -4.56. The number of phenols is 1. The van der Waals surface area contributed by atoms with Crippen molar-refractivity contribution in [2.45, 2.75) is 4.90 Å². The first-order valence-electron chi connectivity index (χ1n) is 8.76.